The molecule has 1 aromatic heterocycles. The van der Waals surface area contributed by atoms with Gasteiger partial charge >= 0.3 is 0 Å². The maximum atomic E-state index is 13.6. The smallest absolute Gasteiger partial charge is 0.287 e. The third-order valence-corrected chi connectivity index (χ3v) is 5.79. The average Bonchev–Trinajstić information content (AvgIpc) is 3.07. The lowest BCUT2D eigenvalue weighted by Gasteiger charge is -2.14. The zero-order valence-corrected chi connectivity index (χ0v) is 18.6. The lowest BCUT2D eigenvalue weighted by atomic mass is 10.2. The minimum absolute atomic E-state index is 0.153. The van der Waals surface area contributed by atoms with Crippen LogP contribution in [0.2, 0.25) is 0 Å². The highest BCUT2D eigenvalue weighted by molar-refractivity contribution is 8.27. The van der Waals surface area contributed by atoms with Crippen LogP contribution in [0.5, 0.6) is 17.4 Å². The van der Waals surface area contributed by atoms with E-state index in [1.807, 2.05) is 0 Å². The fraction of sp³-hybridized carbons (Fsp3) is 0.0455. The van der Waals surface area contributed by atoms with Crippen molar-refractivity contribution in [3.8, 4) is 17.4 Å². The van der Waals surface area contributed by atoms with Crippen LogP contribution in [-0.2, 0) is 4.79 Å². The van der Waals surface area contributed by atoms with Gasteiger partial charge in [-0.25, -0.2) is 9.37 Å². The van der Waals surface area contributed by atoms with Crippen molar-refractivity contribution < 1.29 is 23.6 Å². The molecular formula is C22H14FN3O5S2. The molecule has 2 heterocycles. The van der Waals surface area contributed by atoms with Gasteiger partial charge in [0.05, 0.1) is 22.6 Å². The molecule has 0 saturated carbocycles. The number of hydrogen-bond donors (Lipinski definition) is 0. The first-order valence-electron chi connectivity index (χ1n) is 9.35. The van der Waals surface area contributed by atoms with Gasteiger partial charge in [-0.3, -0.25) is 19.8 Å². The lowest BCUT2D eigenvalue weighted by molar-refractivity contribution is -0.385. The number of thioether (sulfide) groups is 1. The number of carbonyl (C=O) groups excluding carboxylic acids is 1. The molecule has 166 valence electrons. The van der Waals surface area contributed by atoms with Gasteiger partial charge in [0.25, 0.3) is 11.6 Å². The number of amides is 1. The Morgan fingerprint density at radius 3 is 2.67 bits per heavy atom. The van der Waals surface area contributed by atoms with E-state index in [4.69, 9.17) is 21.7 Å². The Hall–Kier alpha value is -3.83. The Morgan fingerprint density at radius 2 is 2.00 bits per heavy atom. The number of carbonyl (C=O) groups is 1. The summed E-state index contributed by atoms with van der Waals surface area (Å²) in [6.07, 6.45) is 2.74. The number of benzene rings is 2. The molecule has 4 rings (SSSR count). The average molecular weight is 484 g/mol. The molecule has 0 atom stereocenters. The molecule has 1 aliphatic heterocycles. The molecule has 0 N–H and O–H groups in total. The van der Waals surface area contributed by atoms with Crippen LogP contribution in [-0.4, -0.2) is 27.2 Å². The van der Waals surface area contributed by atoms with Gasteiger partial charge in [-0.2, -0.15) is 0 Å². The molecular weight excluding hydrogens is 469 g/mol. The van der Waals surface area contributed by atoms with Crippen LogP contribution in [0.1, 0.15) is 5.56 Å². The third kappa shape index (κ3) is 4.83. The molecule has 1 aliphatic rings. The molecule has 33 heavy (non-hydrogen) atoms. The Morgan fingerprint density at radius 1 is 1.18 bits per heavy atom. The number of halogens is 1. The molecule has 11 heteroatoms. The number of pyridine rings is 1. The summed E-state index contributed by atoms with van der Waals surface area (Å²) in [5.41, 5.74) is 0.855. The predicted octanol–water partition coefficient (Wildman–Crippen LogP) is 5.34. The second-order valence-corrected chi connectivity index (χ2v) is 8.30. The van der Waals surface area contributed by atoms with Crippen LogP contribution in [0.25, 0.3) is 6.08 Å². The zero-order valence-electron chi connectivity index (χ0n) is 16.9. The molecule has 0 unspecified atom stereocenters. The molecule has 3 aromatic rings. The molecule has 0 spiro atoms. The summed E-state index contributed by atoms with van der Waals surface area (Å²) in [6, 6.07) is 13.3. The van der Waals surface area contributed by atoms with E-state index in [0.29, 0.717) is 32.0 Å². The van der Waals surface area contributed by atoms with Crippen LogP contribution in [0.15, 0.2) is 65.7 Å². The van der Waals surface area contributed by atoms with Crippen LogP contribution < -0.4 is 14.4 Å². The van der Waals surface area contributed by atoms with Gasteiger partial charge in [0, 0.05) is 12.1 Å². The first-order valence-corrected chi connectivity index (χ1v) is 10.6. The summed E-state index contributed by atoms with van der Waals surface area (Å²) in [7, 11) is 1.46. The number of nitro groups is 1. The van der Waals surface area contributed by atoms with Crippen molar-refractivity contribution >= 4 is 51.7 Å². The van der Waals surface area contributed by atoms with E-state index in [0.717, 1.165) is 18.0 Å². The highest BCUT2D eigenvalue weighted by Gasteiger charge is 2.33. The third-order valence-electron chi connectivity index (χ3n) is 4.49. The van der Waals surface area contributed by atoms with Gasteiger partial charge < -0.3 is 9.47 Å². The minimum Gasteiger partial charge on any atom is -0.493 e. The summed E-state index contributed by atoms with van der Waals surface area (Å²) >= 11 is 6.43. The summed E-state index contributed by atoms with van der Waals surface area (Å²) in [6.45, 7) is 0. The molecule has 1 fully saturated rings. The topological polar surface area (TPSA) is 94.8 Å². The first-order chi connectivity index (χ1) is 15.9. The quantitative estimate of drug-likeness (QED) is 0.201. The van der Waals surface area contributed by atoms with Crippen LogP contribution >= 0.6 is 24.0 Å². The number of nitrogens with zero attached hydrogens (tertiary/aromatic N) is 3. The van der Waals surface area contributed by atoms with E-state index in [1.165, 1.54) is 42.3 Å². The van der Waals surface area contributed by atoms with Crippen molar-refractivity contribution in [1.29, 1.82) is 0 Å². The Kier molecular flexibility index (Phi) is 6.33. The first kappa shape index (κ1) is 22.4. The molecule has 0 bridgehead atoms. The maximum Gasteiger partial charge on any atom is 0.287 e. The van der Waals surface area contributed by atoms with E-state index < -0.39 is 10.7 Å². The van der Waals surface area contributed by atoms with E-state index in [2.05, 4.69) is 4.98 Å². The van der Waals surface area contributed by atoms with Crippen LogP contribution in [0, 0.1) is 15.9 Å². The number of aromatic nitrogens is 1. The second kappa shape index (κ2) is 9.35. The largest absolute Gasteiger partial charge is 0.493 e. The van der Waals surface area contributed by atoms with Crippen molar-refractivity contribution in [2.24, 2.45) is 0 Å². The number of methoxy groups -OCH3 is 1. The number of hydrogen-bond acceptors (Lipinski definition) is 8. The van der Waals surface area contributed by atoms with E-state index >= 15 is 0 Å². The number of rotatable bonds is 6. The molecule has 1 amide bonds. The van der Waals surface area contributed by atoms with Crippen molar-refractivity contribution in [2.75, 3.05) is 12.0 Å². The van der Waals surface area contributed by atoms with Gasteiger partial charge in [-0.1, -0.05) is 36.1 Å². The molecule has 0 aliphatic carbocycles. The number of anilines is 1. The summed E-state index contributed by atoms with van der Waals surface area (Å²) in [5.74, 6) is 0.0359. The van der Waals surface area contributed by atoms with Gasteiger partial charge in [-0.05, 0) is 42.0 Å². The lowest BCUT2D eigenvalue weighted by Crippen LogP contribution is -2.27. The van der Waals surface area contributed by atoms with E-state index in [1.54, 1.807) is 30.3 Å². The van der Waals surface area contributed by atoms with E-state index in [-0.39, 0.29) is 17.5 Å². The molecule has 8 nitrogen and oxygen atoms in total. The predicted molar refractivity (Wildman–Crippen MR) is 126 cm³/mol. The van der Waals surface area contributed by atoms with Crippen molar-refractivity contribution in [1.82, 2.24) is 4.98 Å². The van der Waals surface area contributed by atoms with Crippen molar-refractivity contribution in [3.63, 3.8) is 0 Å². The van der Waals surface area contributed by atoms with Gasteiger partial charge in [0.15, 0.2) is 15.8 Å². The normalized spacial score (nSPS) is 14.6. The van der Waals surface area contributed by atoms with Crippen LogP contribution in [0.3, 0.4) is 0 Å². The van der Waals surface area contributed by atoms with Gasteiger partial charge in [0.1, 0.15) is 12.0 Å². The fourth-order valence-corrected chi connectivity index (χ4v) is 4.27. The Bertz CT molecular complexity index is 1300. The van der Waals surface area contributed by atoms with Gasteiger partial charge in [0.2, 0.25) is 5.88 Å². The maximum absolute atomic E-state index is 13.6. The summed E-state index contributed by atoms with van der Waals surface area (Å²) in [5, 5.41) is 10.8. The highest BCUT2D eigenvalue weighted by Crippen LogP contribution is 2.38. The summed E-state index contributed by atoms with van der Waals surface area (Å²) in [4.78, 5) is 28.7. The number of ether oxygens (including phenoxy) is 2. The summed E-state index contributed by atoms with van der Waals surface area (Å²) < 4.78 is 24.9. The fourth-order valence-electron chi connectivity index (χ4n) is 2.97. The monoisotopic (exact) mass is 483 g/mol. The molecule has 2 aromatic carbocycles. The SMILES string of the molecule is COc1cc(/C=C2\SC(=S)N(c3cccc(F)c3)C2=O)ccc1Oc1ccc([N+](=O)[O-])cn1. The highest BCUT2D eigenvalue weighted by atomic mass is 32.2. The van der Waals surface area contributed by atoms with Crippen molar-refractivity contribution in [3.05, 3.63) is 87.2 Å². The molecule has 1 saturated heterocycles. The number of thiocarbonyl (C=S) groups is 1. The Labute approximate surface area is 196 Å². The van der Waals surface area contributed by atoms with Crippen LogP contribution in [0.4, 0.5) is 15.8 Å². The Balaban J connectivity index is 1.57. The van der Waals surface area contributed by atoms with Crippen molar-refractivity contribution in [2.45, 2.75) is 0 Å². The standard InChI is InChI=1S/C22H14FN3O5S2/c1-30-18-9-13(5-7-17(18)31-20-8-6-16(12-24-20)26(28)29)10-19-21(27)25(22(32)33-19)15-4-2-3-14(23)11-15/h2-12H,1H3/b19-10-. The van der Waals surface area contributed by atoms with Gasteiger partial charge in [-0.15, -0.1) is 0 Å². The minimum atomic E-state index is -0.553. The zero-order chi connectivity index (χ0) is 23.5. The second-order valence-electron chi connectivity index (χ2n) is 6.62. The van der Waals surface area contributed by atoms with E-state index in [9.17, 15) is 19.3 Å². The molecule has 0 radical (unpaired) electrons.